The van der Waals surface area contributed by atoms with Crippen LogP contribution in [0.25, 0.3) is 0 Å². The smallest absolute Gasteiger partial charge is 0.330 e. The third-order valence-electron chi connectivity index (χ3n) is 7.08. The highest BCUT2D eigenvalue weighted by Crippen LogP contribution is 2.54. The molecule has 1 amide bonds. The molecule has 0 bridgehead atoms. The minimum atomic E-state index is -4.16. The molecule has 1 aliphatic heterocycles. The molecule has 4 nitrogen and oxygen atoms in total. The average molecular weight is 496 g/mol. The van der Waals surface area contributed by atoms with Gasteiger partial charge in [-0.05, 0) is 68.7 Å². The van der Waals surface area contributed by atoms with Gasteiger partial charge in [0.05, 0.1) is 17.7 Å². The van der Waals surface area contributed by atoms with Crippen LogP contribution in [0.1, 0.15) is 67.7 Å². The summed E-state index contributed by atoms with van der Waals surface area (Å²) in [5.74, 6) is 0.822. The number of alkyl halides is 3. The predicted molar refractivity (Wildman–Crippen MR) is 115 cm³/mol. The number of fused-ring (bicyclic) bond motifs is 3. The van der Waals surface area contributed by atoms with E-state index in [1.165, 1.54) is 0 Å². The third-order valence-corrected chi connectivity index (χ3v) is 7.57. The van der Waals surface area contributed by atoms with Gasteiger partial charge in [-0.3, -0.25) is 4.79 Å². The van der Waals surface area contributed by atoms with Crippen LogP contribution in [0.2, 0.25) is 0 Å². The molecule has 1 spiro atoms. The Morgan fingerprint density at radius 2 is 1.90 bits per heavy atom. The first-order valence-electron chi connectivity index (χ1n) is 11.0. The number of carbonyl (C=O) groups excluding carboxylic acids is 1. The predicted octanol–water partition coefficient (Wildman–Crippen LogP) is 5.84. The fourth-order valence-electron chi connectivity index (χ4n) is 5.40. The van der Waals surface area contributed by atoms with Gasteiger partial charge < -0.3 is 9.47 Å². The molecule has 0 saturated heterocycles. The second kappa shape index (κ2) is 7.64. The van der Waals surface area contributed by atoms with E-state index < -0.39 is 18.0 Å². The summed E-state index contributed by atoms with van der Waals surface area (Å²) in [6, 6.07) is 5.96. The molecule has 2 aliphatic carbocycles. The zero-order chi connectivity index (χ0) is 21.8. The minimum absolute atomic E-state index is 0.0285. The summed E-state index contributed by atoms with van der Waals surface area (Å²) >= 11 is 3.53. The highest BCUT2D eigenvalue weighted by atomic mass is 79.9. The maximum absolute atomic E-state index is 13.5. The molecule has 31 heavy (non-hydrogen) atoms. The lowest BCUT2D eigenvalue weighted by Gasteiger charge is -2.37. The summed E-state index contributed by atoms with van der Waals surface area (Å²) in [6.45, 7) is 0.603. The van der Waals surface area contributed by atoms with E-state index in [-0.39, 0.29) is 18.9 Å². The Bertz CT molecular complexity index is 1030. The lowest BCUT2D eigenvalue weighted by molar-refractivity contribution is -0.136. The SMILES string of the molecule is O=C1N(Cc2nc3c(n2CCCC(F)(F)F)CCCC3)c2ccc(Br)cc2C12CCC2. The van der Waals surface area contributed by atoms with Gasteiger partial charge in [-0.15, -0.1) is 0 Å². The lowest BCUT2D eigenvalue weighted by Crippen LogP contribution is -2.45. The number of amides is 1. The zero-order valence-electron chi connectivity index (χ0n) is 17.3. The van der Waals surface area contributed by atoms with Crippen LogP contribution < -0.4 is 4.90 Å². The molecule has 8 heteroatoms. The first-order chi connectivity index (χ1) is 14.8. The van der Waals surface area contributed by atoms with Crippen molar-refractivity contribution in [2.75, 3.05) is 4.90 Å². The molecule has 2 heterocycles. The Hall–Kier alpha value is -1.83. The number of aromatic nitrogens is 2. The molecule has 1 fully saturated rings. The number of nitrogens with zero attached hydrogens (tertiary/aromatic N) is 3. The van der Waals surface area contributed by atoms with Crippen LogP contribution in [0.5, 0.6) is 0 Å². The third kappa shape index (κ3) is 3.60. The summed E-state index contributed by atoms with van der Waals surface area (Å²) in [5.41, 5.74) is 3.60. The number of hydrogen-bond donors (Lipinski definition) is 0. The van der Waals surface area contributed by atoms with Crippen molar-refractivity contribution in [3.63, 3.8) is 0 Å². The number of aryl methyl sites for hydroxylation is 1. The Morgan fingerprint density at radius 1 is 1.13 bits per heavy atom. The monoisotopic (exact) mass is 495 g/mol. The average Bonchev–Trinajstić information content (AvgIpc) is 3.14. The summed E-state index contributed by atoms with van der Waals surface area (Å²) in [4.78, 5) is 20.1. The van der Waals surface area contributed by atoms with E-state index in [0.29, 0.717) is 12.4 Å². The number of rotatable bonds is 5. The summed E-state index contributed by atoms with van der Waals surface area (Å²) < 4.78 is 41.2. The van der Waals surface area contributed by atoms with Gasteiger partial charge in [0, 0.05) is 28.8 Å². The van der Waals surface area contributed by atoms with Gasteiger partial charge in [-0.1, -0.05) is 22.4 Å². The fraction of sp³-hybridized carbons (Fsp3) is 0.565. The van der Waals surface area contributed by atoms with Crippen molar-refractivity contribution in [2.45, 2.75) is 82.5 Å². The van der Waals surface area contributed by atoms with Crippen LogP contribution in [-0.2, 0) is 36.1 Å². The Morgan fingerprint density at radius 3 is 2.61 bits per heavy atom. The van der Waals surface area contributed by atoms with Crippen molar-refractivity contribution in [1.29, 1.82) is 0 Å². The normalized spacial score (nSPS) is 19.5. The van der Waals surface area contributed by atoms with Crippen LogP contribution in [0.15, 0.2) is 22.7 Å². The van der Waals surface area contributed by atoms with Crippen LogP contribution >= 0.6 is 15.9 Å². The summed E-state index contributed by atoms with van der Waals surface area (Å²) in [6.07, 6.45) is 1.58. The minimum Gasteiger partial charge on any atom is -0.330 e. The topological polar surface area (TPSA) is 38.1 Å². The molecule has 0 radical (unpaired) electrons. The van der Waals surface area contributed by atoms with Crippen LogP contribution in [0.3, 0.4) is 0 Å². The van der Waals surface area contributed by atoms with Crippen molar-refractivity contribution < 1.29 is 18.0 Å². The van der Waals surface area contributed by atoms with Gasteiger partial charge in [0.1, 0.15) is 5.82 Å². The second-order valence-electron chi connectivity index (χ2n) is 8.99. The summed E-state index contributed by atoms with van der Waals surface area (Å²) in [7, 11) is 0. The van der Waals surface area contributed by atoms with Crippen molar-refractivity contribution >= 4 is 27.5 Å². The van der Waals surface area contributed by atoms with Gasteiger partial charge in [0.2, 0.25) is 5.91 Å². The number of imidazole rings is 1. The molecular weight excluding hydrogens is 471 g/mol. The van der Waals surface area contributed by atoms with Crippen molar-refractivity contribution in [3.8, 4) is 0 Å². The van der Waals surface area contributed by atoms with Gasteiger partial charge in [0.25, 0.3) is 0 Å². The Balaban J connectivity index is 1.47. The van der Waals surface area contributed by atoms with Crippen LogP contribution in [0, 0.1) is 0 Å². The van der Waals surface area contributed by atoms with E-state index >= 15 is 0 Å². The molecule has 1 saturated carbocycles. The molecule has 0 unspecified atom stereocenters. The lowest BCUT2D eigenvalue weighted by atomic mass is 9.65. The number of carbonyl (C=O) groups is 1. The molecule has 166 valence electrons. The molecular formula is C23H25BrF3N3O. The van der Waals surface area contributed by atoms with Crippen molar-refractivity contribution in [2.24, 2.45) is 0 Å². The van der Waals surface area contributed by atoms with E-state index in [2.05, 4.69) is 15.9 Å². The number of benzene rings is 1. The number of halogens is 4. The largest absolute Gasteiger partial charge is 0.389 e. The van der Waals surface area contributed by atoms with E-state index in [1.54, 1.807) is 0 Å². The standard InChI is InChI=1S/C23H25BrF3N3O/c24-15-7-8-18-16(13-15)22(9-3-10-22)21(31)30(18)14-20-28-17-5-1-2-6-19(17)29(20)12-4-11-23(25,26)27/h7-8,13H,1-6,9-12,14H2. The molecule has 1 aromatic carbocycles. The van der Waals surface area contributed by atoms with Crippen molar-refractivity contribution in [1.82, 2.24) is 9.55 Å². The first-order valence-corrected chi connectivity index (χ1v) is 11.8. The maximum Gasteiger partial charge on any atom is 0.389 e. The zero-order valence-corrected chi connectivity index (χ0v) is 18.9. The first kappa shape index (κ1) is 21.0. The Labute approximate surface area is 188 Å². The van der Waals surface area contributed by atoms with Gasteiger partial charge >= 0.3 is 6.18 Å². The summed E-state index contributed by atoms with van der Waals surface area (Å²) in [5, 5.41) is 0. The number of anilines is 1. The highest BCUT2D eigenvalue weighted by Gasteiger charge is 2.54. The molecule has 0 N–H and O–H groups in total. The molecule has 3 aliphatic rings. The molecule has 5 rings (SSSR count). The van der Waals surface area contributed by atoms with Crippen LogP contribution in [0.4, 0.5) is 18.9 Å². The fourth-order valence-corrected chi connectivity index (χ4v) is 5.76. The van der Waals surface area contributed by atoms with Crippen molar-refractivity contribution in [3.05, 3.63) is 45.4 Å². The second-order valence-corrected chi connectivity index (χ2v) is 9.90. The van der Waals surface area contributed by atoms with E-state index in [1.807, 2.05) is 27.7 Å². The van der Waals surface area contributed by atoms with Gasteiger partial charge in [-0.25, -0.2) is 4.98 Å². The maximum atomic E-state index is 13.5. The quantitative estimate of drug-likeness (QED) is 0.522. The molecule has 0 atom stereocenters. The van der Waals surface area contributed by atoms with E-state index in [4.69, 9.17) is 4.98 Å². The molecule has 2 aromatic rings. The Kier molecular flexibility index (Phi) is 5.19. The van der Waals surface area contributed by atoms with Crippen LogP contribution in [-0.4, -0.2) is 21.6 Å². The number of hydrogen-bond acceptors (Lipinski definition) is 2. The van der Waals surface area contributed by atoms with Gasteiger partial charge in [0.15, 0.2) is 0 Å². The van der Waals surface area contributed by atoms with E-state index in [9.17, 15) is 18.0 Å². The van der Waals surface area contributed by atoms with E-state index in [0.717, 1.165) is 72.1 Å². The molecule has 1 aromatic heterocycles. The van der Waals surface area contributed by atoms with Gasteiger partial charge in [-0.2, -0.15) is 13.2 Å². The highest BCUT2D eigenvalue weighted by molar-refractivity contribution is 9.10.